The van der Waals surface area contributed by atoms with Gasteiger partial charge in [-0.15, -0.1) is 0 Å². The second-order valence-electron chi connectivity index (χ2n) is 9.04. The molecule has 2 aromatic heterocycles. The smallest absolute Gasteiger partial charge is 0.239 e. The third-order valence-electron chi connectivity index (χ3n) is 6.88. The summed E-state index contributed by atoms with van der Waals surface area (Å²) in [6.07, 6.45) is 5.51. The molecule has 1 aromatic carbocycles. The van der Waals surface area contributed by atoms with E-state index in [1.807, 2.05) is 42.5 Å². The summed E-state index contributed by atoms with van der Waals surface area (Å²) >= 11 is 0. The van der Waals surface area contributed by atoms with E-state index in [1.165, 1.54) is 0 Å². The number of nitro groups is 1. The molecule has 0 spiro atoms. The molecule has 2 aliphatic carbocycles. The van der Waals surface area contributed by atoms with Gasteiger partial charge in [0.25, 0.3) is 0 Å². The number of ketones is 1. The number of carbonyl (C=O) groups is 2. The number of H-pyrrole nitrogens is 1. The van der Waals surface area contributed by atoms with E-state index < -0.39 is 11.5 Å². The third kappa shape index (κ3) is 3.93. The summed E-state index contributed by atoms with van der Waals surface area (Å²) in [7, 11) is 0. The minimum Gasteiger partial charge on any atom is -0.356 e. The van der Waals surface area contributed by atoms with Gasteiger partial charge >= 0.3 is 0 Å². The van der Waals surface area contributed by atoms with Crippen LogP contribution in [0.5, 0.6) is 0 Å². The largest absolute Gasteiger partial charge is 0.356 e. The van der Waals surface area contributed by atoms with E-state index in [0.29, 0.717) is 36.2 Å². The highest BCUT2D eigenvalue weighted by atomic mass is 16.6. The average molecular weight is 460 g/mol. The van der Waals surface area contributed by atoms with Gasteiger partial charge in [0.1, 0.15) is 0 Å². The zero-order valence-electron chi connectivity index (χ0n) is 18.5. The minimum atomic E-state index is -1.06. The van der Waals surface area contributed by atoms with E-state index >= 15 is 0 Å². The van der Waals surface area contributed by atoms with Gasteiger partial charge in [-0.3, -0.25) is 24.7 Å². The molecule has 0 bridgehead atoms. The molecule has 9 heteroatoms. The first-order valence-corrected chi connectivity index (χ1v) is 11.4. The van der Waals surface area contributed by atoms with Crippen LogP contribution in [0.25, 0.3) is 11.3 Å². The summed E-state index contributed by atoms with van der Waals surface area (Å²) < 4.78 is 0. The maximum Gasteiger partial charge on any atom is 0.239 e. The molecule has 0 radical (unpaired) electrons. The van der Waals surface area contributed by atoms with Gasteiger partial charge in [0.15, 0.2) is 5.78 Å². The second kappa shape index (κ2) is 8.74. The summed E-state index contributed by atoms with van der Waals surface area (Å²) in [6, 6.07) is 13.3. The number of benzene rings is 1. The van der Waals surface area contributed by atoms with Crippen molar-refractivity contribution >= 4 is 23.1 Å². The Hall–Kier alpha value is -4.01. The van der Waals surface area contributed by atoms with Gasteiger partial charge in [0.2, 0.25) is 11.4 Å². The molecule has 1 amide bonds. The fourth-order valence-corrected chi connectivity index (χ4v) is 4.77. The normalized spacial score (nSPS) is 18.5. The van der Waals surface area contributed by atoms with Crippen molar-refractivity contribution in [2.75, 3.05) is 11.9 Å². The number of para-hydroxylation sites is 1. The molecule has 1 atom stereocenters. The van der Waals surface area contributed by atoms with Crippen LogP contribution in [-0.2, 0) is 11.2 Å². The Labute approximate surface area is 196 Å². The fraction of sp³-hybridized carbons (Fsp3) is 0.320. The SMILES string of the molecule is O=C1CC(C(=O)NCC2([N+](=O)[O-])CCC2)Cc2[nH]c(-c3ccncc3)c(Nc3ccccc3)c21. The lowest BCUT2D eigenvalue weighted by atomic mass is 9.77. The van der Waals surface area contributed by atoms with Crippen molar-refractivity contribution in [2.24, 2.45) is 5.92 Å². The van der Waals surface area contributed by atoms with Gasteiger partial charge in [-0.25, -0.2) is 0 Å². The number of fused-ring (bicyclic) bond motifs is 1. The van der Waals surface area contributed by atoms with Gasteiger partial charge in [-0.05, 0) is 30.7 Å². The molecular weight excluding hydrogens is 434 g/mol. The van der Waals surface area contributed by atoms with Crippen molar-refractivity contribution in [3.63, 3.8) is 0 Å². The molecular formula is C25H25N5O4. The lowest BCUT2D eigenvalue weighted by Crippen LogP contribution is -2.54. The van der Waals surface area contributed by atoms with E-state index in [0.717, 1.165) is 23.4 Å². The number of hydrogen-bond donors (Lipinski definition) is 3. The molecule has 0 aliphatic heterocycles. The summed E-state index contributed by atoms with van der Waals surface area (Å²) in [5.41, 5.74) is 3.33. The van der Waals surface area contributed by atoms with E-state index in [4.69, 9.17) is 0 Å². The minimum absolute atomic E-state index is 0.00415. The molecule has 1 unspecified atom stereocenters. The van der Waals surface area contributed by atoms with E-state index in [-0.39, 0.29) is 29.6 Å². The third-order valence-corrected chi connectivity index (χ3v) is 6.88. The average Bonchev–Trinajstić information content (AvgIpc) is 3.18. The lowest BCUT2D eigenvalue weighted by molar-refractivity contribution is -0.583. The van der Waals surface area contributed by atoms with Crippen LogP contribution in [0.4, 0.5) is 11.4 Å². The van der Waals surface area contributed by atoms with Crippen molar-refractivity contribution in [1.82, 2.24) is 15.3 Å². The monoisotopic (exact) mass is 459 g/mol. The maximum atomic E-state index is 13.3. The Morgan fingerprint density at radius 2 is 1.88 bits per heavy atom. The van der Waals surface area contributed by atoms with E-state index in [1.54, 1.807) is 12.4 Å². The van der Waals surface area contributed by atoms with E-state index in [2.05, 4.69) is 20.6 Å². The second-order valence-corrected chi connectivity index (χ2v) is 9.04. The Kier molecular flexibility index (Phi) is 5.61. The molecule has 3 aromatic rings. The summed E-state index contributed by atoms with van der Waals surface area (Å²) in [4.78, 5) is 44.7. The Morgan fingerprint density at radius 1 is 1.15 bits per heavy atom. The Balaban J connectivity index is 1.42. The number of pyridine rings is 1. The zero-order chi connectivity index (χ0) is 23.7. The van der Waals surface area contributed by atoms with Crippen LogP contribution < -0.4 is 10.6 Å². The quantitative estimate of drug-likeness (QED) is 0.363. The number of carbonyl (C=O) groups excluding carboxylic acids is 2. The lowest BCUT2D eigenvalue weighted by Gasteiger charge is -2.33. The number of amides is 1. The van der Waals surface area contributed by atoms with Crippen LogP contribution >= 0.6 is 0 Å². The molecule has 9 nitrogen and oxygen atoms in total. The molecule has 1 fully saturated rings. The van der Waals surface area contributed by atoms with Crippen LogP contribution in [0.15, 0.2) is 54.9 Å². The van der Waals surface area contributed by atoms with Crippen LogP contribution in [-0.4, -0.2) is 38.7 Å². The molecule has 174 valence electrons. The van der Waals surface area contributed by atoms with Crippen LogP contribution in [0.2, 0.25) is 0 Å². The van der Waals surface area contributed by atoms with Gasteiger partial charge in [0, 0.05) is 59.9 Å². The topological polar surface area (TPSA) is 130 Å². The number of rotatable bonds is 7. The van der Waals surface area contributed by atoms with Crippen LogP contribution in [0.3, 0.4) is 0 Å². The standard InChI is InChI=1S/C25H25N5O4/c31-20-14-17(24(32)27-15-25(30(33)34)9-4-10-25)13-19-21(20)23(28-18-5-2-1-3-6-18)22(29-19)16-7-11-26-12-8-16/h1-3,5-8,11-12,17,28-29H,4,9-10,13-15H2,(H,27,32). The molecule has 0 saturated heterocycles. The van der Waals surface area contributed by atoms with Crippen molar-refractivity contribution in [1.29, 1.82) is 0 Å². The number of hydrogen-bond acceptors (Lipinski definition) is 6. The first-order chi connectivity index (χ1) is 16.5. The molecule has 3 N–H and O–H groups in total. The predicted molar refractivity (Wildman–Crippen MR) is 126 cm³/mol. The summed E-state index contributed by atoms with van der Waals surface area (Å²) in [5, 5.41) is 17.5. The van der Waals surface area contributed by atoms with E-state index in [9.17, 15) is 19.7 Å². The van der Waals surface area contributed by atoms with Gasteiger partial charge in [-0.2, -0.15) is 0 Å². The first kappa shape index (κ1) is 21.8. The van der Waals surface area contributed by atoms with Crippen molar-refractivity contribution < 1.29 is 14.5 Å². The first-order valence-electron chi connectivity index (χ1n) is 11.4. The number of anilines is 2. The van der Waals surface area contributed by atoms with Crippen LogP contribution in [0.1, 0.15) is 41.7 Å². The van der Waals surface area contributed by atoms with Gasteiger partial charge in [-0.1, -0.05) is 18.2 Å². The van der Waals surface area contributed by atoms with Crippen LogP contribution in [0, 0.1) is 16.0 Å². The van der Waals surface area contributed by atoms with Gasteiger partial charge < -0.3 is 15.6 Å². The van der Waals surface area contributed by atoms with Gasteiger partial charge in [0.05, 0.1) is 29.4 Å². The Bertz CT molecular complexity index is 1230. The van der Waals surface area contributed by atoms with Crippen molar-refractivity contribution in [2.45, 2.75) is 37.6 Å². The highest BCUT2D eigenvalue weighted by Crippen LogP contribution is 2.40. The Morgan fingerprint density at radius 3 is 2.53 bits per heavy atom. The number of aromatic nitrogens is 2. The summed E-state index contributed by atoms with van der Waals surface area (Å²) in [5.74, 6) is -1.02. The molecule has 1 saturated carbocycles. The highest BCUT2D eigenvalue weighted by Gasteiger charge is 2.49. The maximum absolute atomic E-state index is 13.3. The highest BCUT2D eigenvalue weighted by molar-refractivity contribution is 6.09. The number of nitrogens with zero attached hydrogens (tertiary/aromatic N) is 2. The fourth-order valence-electron chi connectivity index (χ4n) is 4.77. The molecule has 2 heterocycles. The molecule has 34 heavy (non-hydrogen) atoms. The molecule has 2 aliphatic rings. The number of aromatic amines is 1. The number of nitrogens with one attached hydrogen (secondary N) is 3. The number of Topliss-reactive ketones (excluding diaryl/α,β-unsaturated/α-hetero) is 1. The predicted octanol–water partition coefficient (Wildman–Crippen LogP) is 3.88. The zero-order valence-corrected chi connectivity index (χ0v) is 18.5. The molecule has 5 rings (SSSR count). The summed E-state index contributed by atoms with van der Waals surface area (Å²) in [6.45, 7) is 0.00415. The van der Waals surface area contributed by atoms with Crippen molar-refractivity contribution in [3.05, 3.63) is 76.2 Å². The van der Waals surface area contributed by atoms with Crippen molar-refractivity contribution in [3.8, 4) is 11.3 Å².